The molecule has 16 nitrogen and oxygen atoms in total. The van der Waals surface area contributed by atoms with Crippen LogP contribution in [-0.2, 0) is 71.1 Å². The Morgan fingerprint density at radius 1 is 0.339 bits per heavy atom. The van der Waals surface area contributed by atoms with E-state index in [1.807, 2.05) is 41.5 Å². The molecule has 5 unspecified atom stereocenters. The van der Waals surface area contributed by atoms with E-state index in [0.717, 1.165) is 12.0 Å². The summed E-state index contributed by atoms with van der Waals surface area (Å²) in [7, 11) is 0. The Bertz CT molecular complexity index is 797. The zero-order valence-electron chi connectivity index (χ0n) is 35.8. The van der Waals surface area contributed by atoms with Crippen molar-refractivity contribution in [1.29, 1.82) is 0 Å². The molecular weight excluding hydrogens is 736 g/mol. The van der Waals surface area contributed by atoms with Gasteiger partial charge in [0.15, 0.2) is 0 Å². The maximum absolute atomic E-state index is 8.60. The van der Waals surface area contributed by atoms with E-state index in [1.54, 1.807) is 0 Å². The summed E-state index contributed by atoms with van der Waals surface area (Å²) < 4.78 is 83.8. The van der Waals surface area contributed by atoms with Gasteiger partial charge < -0.3 is 76.2 Å². The summed E-state index contributed by atoms with van der Waals surface area (Å²) in [4.78, 5) is 0. The average molecular weight is 817 g/mol. The van der Waals surface area contributed by atoms with E-state index in [2.05, 4.69) is 6.58 Å². The molecule has 0 aromatic heterocycles. The molecule has 0 aliphatic carbocycles. The first kappa shape index (κ1) is 55.1. The van der Waals surface area contributed by atoms with Gasteiger partial charge in [-0.1, -0.05) is 5.57 Å². The Balaban J connectivity index is 3.39. The minimum atomic E-state index is -0.0671. The zero-order chi connectivity index (χ0) is 41.2. The van der Waals surface area contributed by atoms with E-state index in [4.69, 9.17) is 76.2 Å². The third-order valence-corrected chi connectivity index (χ3v) is 7.33. The fourth-order valence-electron chi connectivity index (χ4n) is 4.17. The molecule has 0 aliphatic rings. The van der Waals surface area contributed by atoms with Crippen molar-refractivity contribution in [2.24, 2.45) is 0 Å². The second-order valence-corrected chi connectivity index (χ2v) is 13.3. The van der Waals surface area contributed by atoms with Gasteiger partial charge in [-0.15, -0.1) is 6.58 Å². The van der Waals surface area contributed by atoms with Crippen molar-refractivity contribution in [1.82, 2.24) is 0 Å². The van der Waals surface area contributed by atoms with Crippen molar-refractivity contribution >= 4 is 0 Å². The van der Waals surface area contributed by atoms with E-state index < -0.39 is 0 Å². The number of aliphatic hydroxyl groups is 1. The standard InChI is InChI=1S/C40H80O16/c1-35(2)8-10-51-30-36(3)53-32-38(5)55-34-40(7)56-33-39(6)54-31-37(4)52-29-28-50-27-26-49-25-24-48-23-22-47-21-20-46-19-18-45-17-16-44-15-14-43-13-12-42-11-9-41/h36-41H,1,8-34H2,2-7H3. The van der Waals surface area contributed by atoms with E-state index in [-0.39, 0.29) is 37.1 Å². The van der Waals surface area contributed by atoms with E-state index in [1.165, 1.54) is 0 Å². The lowest BCUT2D eigenvalue weighted by atomic mass is 10.3. The number of aliphatic hydroxyl groups excluding tert-OH is 1. The van der Waals surface area contributed by atoms with Gasteiger partial charge in [-0.05, 0) is 48.0 Å². The second kappa shape index (κ2) is 43.7. The Hall–Kier alpha value is -0.900. The normalized spacial score (nSPS) is 14.6. The number of rotatable bonds is 47. The van der Waals surface area contributed by atoms with E-state index in [9.17, 15) is 0 Å². The van der Waals surface area contributed by atoms with Crippen LogP contribution in [0.1, 0.15) is 48.0 Å². The lowest BCUT2D eigenvalue weighted by molar-refractivity contribution is -0.101. The summed E-state index contributed by atoms with van der Waals surface area (Å²) in [6.45, 7) is 28.2. The fourth-order valence-corrected chi connectivity index (χ4v) is 4.17. The lowest BCUT2D eigenvalue weighted by Gasteiger charge is -2.22. The predicted molar refractivity (Wildman–Crippen MR) is 212 cm³/mol. The van der Waals surface area contributed by atoms with E-state index >= 15 is 0 Å². The van der Waals surface area contributed by atoms with Crippen LogP contribution in [0.5, 0.6) is 0 Å². The zero-order valence-corrected chi connectivity index (χ0v) is 35.8. The van der Waals surface area contributed by atoms with Crippen molar-refractivity contribution in [2.75, 3.05) is 172 Å². The van der Waals surface area contributed by atoms with Gasteiger partial charge >= 0.3 is 0 Å². The van der Waals surface area contributed by atoms with Gasteiger partial charge in [0.25, 0.3) is 0 Å². The minimum Gasteiger partial charge on any atom is -0.394 e. The Morgan fingerprint density at radius 3 is 0.875 bits per heavy atom. The van der Waals surface area contributed by atoms with Gasteiger partial charge in [0.1, 0.15) is 0 Å². The number of hydrogen-bond donors (Lipinski definition) is 1. The minimum absolute atomic E-state index is 0.00952. The summed E-state index contributed by atoms with van der Waals surface area (Å²) in [5.74, 6) is 0. The van der Waals surface area contributed by atoms with Crippen LogP contribution in [0.2, 0.25) is 0 Å². The molecule has 0 fully saturated rings. The SMILES string of the molecule is C=C(C)CCOCC(C)OCC(C)OCC(C)OCC(C)OCC(C)OCCOCCOCCOCCOCCOCCOCCOCCOCCOCCO. The highest BCUT2D eigenvalue weighted by Crippen LogP contribution is 2.04. The molecule has 0 bridgehead atoms. The number of ether oxygens (including phenoxy) is 15. The third kappa shape index (κ3) is 44.2. The quantitative estimate of drug-likeness (QED) is 0.0705. The van der Waals surface area contributed by atoms with Crippen LogP contribution < -0.4 is 0 Å². The second-order valence-electron chi connectivity index (χ2n) is 13.3. The van der Waals surface area contributed by atoms with E-state index in [0.29, 0.717) is 165 Å². The molecule has 0 saturated heterocycles. The fraction of sp³-hybridized carbons (Fsp3) is 0.950. The molecule has 0 aromatic carbocycles. The monoisotopic (exact) mass is 817 g/mol. The smallest absolute Gasteiger partial charge is 0.0781 e. The van der Waals surface area contributed by atoms with Gasteiger partial charge in [0, 0.05) is 0 Å². The van der Waals surface area contributed by atoms with Crippen molar-refractivity contribution < 1.29 is 76.2 Å². The molecule has 1 N–H and O–H groups in total. The van der Waals surface area contributed by atoms with Gasteiger partial charge in [0.2, 0.25) is 0 Å². The van der Waals surface area contributed by atoms with Crippen LogP contribution in [0.15, 0.2) is 12.2 Å². The Labute approximate surface area is 338 Å². The van der Waals surface area contributed by atoms with Gasteiger partial charge in [-0.2, -0.15) is 0 Å². The molecule has 5 atom stereocenters. The van der Waals surface area contributed by atoms with Crippen LogP contribution in [0.4, 0.5) is 0 Å². The summed E-state index contributed by atoms with van der Waals surface area (Å²) in [6.07, 6.45) is 0.651. The first-order valence-corrected chi connectivity index (χ1v) is 20.3. The van der Waals surface area contributed by atoms with Crippen LogP contribution in [0.3, 0.4) is 0 Å². The molecule has 0 amide bonds. The highest BCUT2D eigenvalue weighted by atomic mass is 16.6. The topological polar surface area (TPSA) is 159 Å². The van der Waals surface area contributed by atoms with Gasteiger partial charge in [-0.25, -0.2) is 0 Å². The van der Waals surface area contributed by atoms with Gasteiger partial charge in [-0.3, -0.25) is 0 Å². The predicted octanol–water partition coefficient (Wildman–Crippen LogP) is 3.14. The number of hydrogen-bond acceptors (Lipinski definition) is 16. The molecule has 56 heavy (non-hydrogen) atoms. The summed E-state index contributed by atoms with van der Waals surface area (Å²) >= 11 is 0. The van der Waals surface area contributed by atoms with Crippen molar-refractivity contribution in [3.8, 4) is 0 Å². The first-order valence-electron chi connectivity index (χ1n) is 20.3. The van der Waals surface area contributed by atoms with Crippen molar-refractivity contribution in [2.45, 2.75) is 78.5 Å². The van der Waals surface area contributed by atoms with Crippen molar-refractivity contribution in [3.63, 3.8) is 0 Å². The molecule has 0 aliphatic heterocycles. The molecule has 0 spiro atoms. The Morgan fingerprint density at radius 2 is 0.589 bits per heavy atom. The average Bonchev–Trinajstić information content (AvgIpc) is 3.18. The first-order chi connectivity index (χ1) is 27.2. The molecule has 0 radical (unpaired) electrons. The third-order valence-electron chi connectivity index (χ3n) is 7.33. The van der Waals surface area contributed by atoms with Crippen LogP contribution >= 0.6 is 0 Å². The van der Waals surface area contributed by atoms with Crippen LogP contribution in [0, 0.1) is 0 Å². The molecule has 0 rings (SSSR count). The molecule has 336 valence electrons. The molecular formula is C40H80O16. The van der Waals surface area contributed by atoms with Gasteiger partial charge in [0.05, 0.1) is 202 Å². The van der Waals surface area contributed by atoms with Crippen LogP contribution in [0.25, 0.3) is 0 Å². The maximum Gasteiger partial charge on any atom is 0.0781 e. The molecule has 0 saturated carbocycles. The molecule has 16 heteroatoms. The highest BCUT2D eigenvalue weighted by molar-refractivity contribution is 4.87. The Kier molecular flexibility index (Phi) is 43.0. The highest BCUT2D eigenvalue weighted by Gasteiger charge is 2.13. The molecule has 0 aromatic rings. The maximum atomic E-state index is 8.60. The summed E-state index contributed by atoms with van der Waals surface area (Å²) in [5, 5.41) is 8.60. The summed E-state index contributed by atoms with van der Waals surface area (Å²) in [5.41, 5.74) is 1.12. The summed E-state index contributed by atoms with van der Waals surface area (Å²) in [6, 6.07) is 0. The lowest BCUT2D eigenvalue weighted by Crippen LogP contribution is -2.29. The van der Waals surface area contributed by atoms with Crippen molar-refractivity contribution in [3.05, 3.63) is 12.2 Å². The van der Waals surface area contributed by atoms with Crippen LogP contribution in [-0.4, -0.2) is 207 Å². The molecule has 0 heterocycles. The largest absolute Gasteiger partial charge is 0.394 e.